The van der Waals surface area contributed by atoms with Crippen molar-refractivity contribution in [2.75, 3.05) is 5.32 Å². The second-order valence-corrected chi connectivity index (χ2v) is 4.96. The van der Waals surface area contributed by atoms with Crippen LogP contribution in [0.25, 0.3) is 0 Å². The Hall–Kier alpha value is -1.61. The Bertz CT molecular complexity index is 532. The average molecular weight is 276 g/mol. The molecule has 0 radical (unpaired) electrons. The van der Waals surface area contributed by atoms with Crippen molar-refractivity contribution in [2.45, 2.75) is 33.2 Å². The lowest BCUT2D eigenvalue weighted by atomic mass is 10.1. The lowest BCUT2D eigenvalue weighted by molar-refractivity contribution is 0.868. The first-order valence-electron chi connectivity index (χ1n) is 6.45. The molecule has 1 heterocycles. The van der Waals surface area contributed by atoms with Gasteiger partial charge < -0.3 is 5.32 Å². The van der Waals surface area contributed by atoms with Gasteiger partial charge in [-0.2, -0.15) is 0 Å². The van der Waals surface area contributed by atoms with Gasteiger partial charge in [-0.1, -0.05) is 31.2 Å². The summed E-state index contributed by atoms with van der Waals surface area (Å²) in [6, 6.07) is 10.7. The van der Waals surface area contributed by atoms with Crippen molar-refractivity contribution in [2.24, 2.45) is 0 Å². The van der Waals surface area contributed by atoms with Crippen LogP contribution in [0.2, 0.25) is 5.28 Å². The minimum Gasteiger partial charge on any atom is -0.363 e. The molecule has 0 amide bonds. The quantitative estimate of drug-likeness (QED) is 0.851. The number of halogens is 1. The van der Waals surface area contributed by atoms with Gasteiger partial charge in [-0.15, -0.1) is 0 Å². The Morgan fingerprint density at radius 1 is 1.21 bits per heavy atom. The summed E-state index contributed by atoms with van der Waals surface area (Å²) < 4.78 is 0. The topological polar surface area (TPSA) is 37.8 Å². The monoisotopic (exact) mass is 275 g/mol. The number of aromatic nitrogens is 2. The number of benzene rings is 1. The summed E-state index contributed by atoms with van der Waals surface area (Å²) in [6.07, 6.45) is 1.06. The first-order valence-corrected chi connectivity index (χ1v) is 6.83. The van der Waals surface area contributed by atoms with E-state index in [1.54, 1.807) is 0 Å². The van der Waals surface area contributed by atoms with Crippen molar-refractivity contribution < 1.29 is 0 Å². The molecule has 19 heavy (non-hydrogen) atoms. The van der Waals surface area contributed by atoms with Gasteiger partial charge in [0.05, 0.1) is 0 Å². The highest BCUT2D eigenvalue weighted by Crippen LogP contribution is 2.19. The zero-order valence-corrected chi connectivity index (χ0v) is 12.2. The number of aryl methyl sites for hydroxylation is 2. The molecule has 0 saturated heterocycles. The standard InChI is InChI=1S/C15H18ClN3/c1-4-12-5-7-13(8-6-12)11(3)18-14-9-10(2)17-15(16)19-14/h5-9,11H,4H2,1-3H3,(H,17,18,19). The highest BCUT2D eigenvalue weighted by Gasteiger charge is 2.07. The van der Waals surface area contributed by atoms with Gasteiger partial charge in [-0.25, -0.2) is 9.97 Å². The normalized spacial score (nSPS) is 12.2. The minimum absolute atomic E-state index is 0.177. The van der Waals surface area contributed by atoms with Crippen LogP contribution in [-0.2, 0) is 6.42 Å². The summed E-state index contributed by atoms with van der Waals surface area (Å²) in [5.74, 6) is 0.754. The molecule has 1 N–H and O–H groups in total. The molecule has 0 saturated carbocycles. The van der Waals surface area contributed by atoms with Gasteiger partial charge in [-0.05, 0) is 43.0 Å². The van der Waals surface area contributed by atoms with E-state index in [2.05, 4.69) is 53.4 Å². The first kappa shape index (κ1) is 13.8. The molecule has 0 fully saturated rings. The molecule has 1 unspecified atom stereocenters. The van der Waals surface area contributed by atoms with Crippen LogP contribution in [-0.4, -0.2) is 9.97 Å². The van der Waals surface area contributed by atoms with Crippen molar-refractivity contribution in [1.29, 1.82) is 0 Å². The first-order chi connectivity index (χ1) is 9.08. The van der Waals surface area contributed by atoms with Gasteiger partial charge in [0.2, 0.25) is 5.28 Å². The smallest absolute Gasteiger partial charge is 0.224 e. The maximum absolute atomic E-state index is 5.86. The van der Waals surface area contributed by atoms with Crippen LogP contribution in [0, 0.1) is 6.92 Å². The number of hydrogen-bond donors (Lipinski definition) is 1. The summed E-state index contributed by atoms with van der Waals surface area (Å²) in [7, 11) is 0. The third kappa shape index (κ3) is 3.67. The lowest BCUT2D eigenvalue weighted by Gasteiger charge is -2.15. The Morgan fingerprint density at radius 3 is 2.47 bits per heavy atom. The van der Waals surface area contributed by atoms with Crippen molar-refractivity contribution in [3.63, 3.8) is 0 Å². The van der Waals surface area contributed by atoms with Crippen molar-refractivity contribution >= 4 is 17.4 Å². The van der Waals surface area contributed by atoms with Crippen LogP contribution < -0.4 is 5.32 Å². The Labute approximate surface area is 119 Å². The fourth-order valence-corrected chi connectivity index (χ4v) is 2.18. The van der Waals surface area contributed by atoms with E-state index in [4.69, 9.17) is 11.6 Å². The lowest BCUT2D eigenvalue weighted by Crippen LogP contribution is -2.08. The van der Waals surface area contributed by atoms with Crippen molar-refractivity contribution in [3.8, 4) is 0 Å². The van der Waals surface area contributed by atoms with Crippen LogP contribution in [0.3, 0.4) is 0 Å². The highest BCUT2D eigenvalue weighted by molar-refractivity contribution is 6.28. The third-order valence-electron chi connectivity index (χ3n) is 3.08. The molecular weight excluding hydrogens is 258 g/mol. The molecule has 4 heteroatoms. The van der Waals surface area contributed by atoms with Crippen LogP contribution in [0.5, 0.6) is 0 Å². The van der Waals surface area contributed by atoms with Crippen LogP contribution >= 0.6 is 11.6 Å². The minimum atomic E-state index is 0.177. The number of anilines is 1. The summed E-state index contributed by atoms with van der Waals surface area (Å²) >= 11 is 5.86. The molecule has 0 spiro atoms. The van der Waals surface area contributed by atoms with Gasteiger partial charge in [0, 0.05) is 17.8 Å². The Morgan fingerprint density at radius 2 is 1.89 bits per heavy atom. The Balaban J connectivity index is 2.13. The zero-order chi connectivity index (χ0) is 13.8. The molecule has 0 aliphatic carbocycles. The van der Waals surface area contributed by atoms with Gasteiger partial charge in [0.1, 0.15) is 5.82 Å². The molecule has 1 aromatic heterocycles. The molecule has 0 bridgehead atoms. The largest absolute Gasteiger partial charge is 0.363 e. The van der Waals surface area contributed by atoms with Gasteiger partial charge in [0.15, 0.2) is 0 Å². The predicted octanol–water partition coefficient (Wildman–Crippen LogP) is 4.17. The van der Waals surface area contributed by atoms with E-state index in [1.165, 1.54) is 11.1 Å². The van der Waals surface area contributed by atoms with Gasteiger partial charge >= 0.3 is 0 Å². The fraction of sp³-hybridized carbons (Fsp3) is 0.333. The van der Waals surface area contributed by atoms with E-state index in [-0.39, 0.29) is 11.3 Å². The van der Waals surface area contributed by atoms with E-state index in [9.17, 15) is 0 Å². The molecule has 2 aromatic rings. The number of nitrogens with zero attached hydrogens (tertiary/aromatic N) is 2. The van der Waals surface area contributed by atoms with Crippen LogP contribution in [0.4, 0.5) is 5.82 Å². The summed E-state index contributed by atoms with van der Waals surface area (Å²) in [6.45, 7) is 6.16. The fourth-order valence-electron chi connectivity index (χ4n) is 1.95. The molecule has 2 rings (SSSR count). The SMILES string of the molecule is CCc1ccc(C(C)Nc2cc(C)nc(Cl)n2)cc1. The second kappa shape index (κ2) is 6.02. The third-order valence-corrected chi connectivity index (χ3v) is 3.25. The molecule has 1 atom stereocenters. The number of rotatable bonds is 4. The van der Waals surface area contributed by atoms with Crippen molar-refractivity contribution in [3.05, 3.63) is 52.4 Å². The van der Waals surface area contributed by atoms with E-state index < -0.39 is 0 Å². The van der Waals surface area contributed by atoms with E-state index >= 15 is 0 Å². The highest BCUT2D eigenvalue weighted by atomic mass is 35.5. The maximum Gasteiger partial charge on any atom is 0.224 e. The number of nitrogens with one attached hydrogen (secondary N) is 1. The van der Waals surface area contributed by atoms with Crippen LogP contribution in [0.15, 0.2) is 30.3 Å². The molecule has 100 valence electrons. The predicted molar refractivity (Wildman–Crippen MR) is 79.6 cm³/mol. The van der Waals surface area contributed by atoms with E-state index in [0.29, 0.717) is 0 Å². The van der Waals surface area contributed by atoms with E-state index in [0.717, 1.165) is 17.9 Å². The summed E-state index contributed by atoms with van der Waals surface area (Å²) in [5, 5.41) is 3.62. The molecule has 0 aliphatic rings. The second-order valence-electron chi connectivity index (χ2n) is 4.62. The van der Waals surface area contributed by atoms with E-state index in [1.807, 2.05) is 13.0 Å². The average Bonchev–Trinajstić information content (AvgIpc) is 2.37. The summed E-state index contributed by atoms with van der Waals surface area (Å²) in [5.41, 5.74) is 3.43. The molecule has 0 aliphatic heterocycles. The van der Waals surface area contributed by atoms with Gasteiger partial charge in [-0.3, -0.25) is 0 Å². The maximum atomic E-state index is 5.86. The molecule has 3 nitrogen and oxygen atoms in total. The van der Waals surface area contributed by atoms with Crippen molar-refractivity contribution in [1.82, 2.24) is 9.97 Å². The molecular formula is C15H18ClN3. The van der Waals surface area contributed by atoms with Crippen LogP contribution in [0.1, 0.15) is 36.7 Å². The van der Waals surface area contributed by atoms with Gasteiger partial charge in [0.25, 0.3) is 0 Å². The molecule has 1 aromatic carbocycles. The summed E-state index contributed by atoms with van der Waals surface area (Å²) in [4.78, 5) is 8.23. The number of hydrogen-bond acceptors (Lipinski definition) is 3. The zero-order valence-electron chi connectivity index (χ0n) is 11.4. The Kier molecular flexibility index (Phi) is 4.38.